The smallest absolute Gasteiger partial charge is 0.0697 e. The van der Waals surface area contributed by atoms with E-state index in [2.05, 4.69) is 29.4 Å². The monoisotopic (exact) mass is 246 g/mol. The Morgan fingerprint density at radius 3 is 2.83 bits per heavy atom. The average Bonchev–Trinajstić information content (AvgIpc) is 2.38. The van der Waals surface area contributed by atoms with E-state index in [1.165, 1.54) is 31.2 Å². The summed E-state index contributed by atoms with van der Waals surface area (Å²) in [6.07, 6.45) is 9.91. The van der Waals surface area contributed by atoms with Crippen LogP contribution in [0.4, 0.5) is 0 Å². The van der Waals surface area contributed by atoms with Crippen molar-refractivity contribution >= 4 is 0 Å². The maximum Gasteiger partial charge on any atom is 0.0697 e. The van der Waals surface area contributed by atoms with Crippen molar-refractivity contribution < 1.29 is 4.74 Å². The Labute approximate surface area is 109 Å². The molecule has 0 amide bonds. The van der Waals surface area contributed by atoms with Crippen molar-refractivity contribution in [3.8, 4) is 0 Å². The minimum Gasteiger partial charge on any atom is -0.375 e. The lowest BCUT2D eigenvalue weighted by Crippen LogP contribution is -2.51. The molecule has 18 heavy (non-hydrogen) atoms. The van der Waals surface area contributed by atoms with Crippen LogP contribution in [-0.2, 0) is 4.74 Å². The summed E-state index contributed by atoms with van der Waals surface area (Å²) in [5, 5.41) is 3.75. The van der Waals surface area contributed by atoms with E-state index < -0.39 is 0 Å². The predicted molar refractivity (Wildman–Crippen MR) is 71.3 cm³/mol. The zero-order chi connectivity index (χ0) is 12.4. The molecule has 1 N–H and O–H groups in total. The molecule has 98 valence electrons. The first-order valence-corrected chi connectivity index (χ1v) is 7.07. The molecule has 3 nitrogen and oxygen atoms in total. The number of hydrogen-bond donors (Lipinski definition) is 1. The second-order valence-corrected chi connectivity index (χ2v) is 5.74. The van der Waals surface area contributed by atoms with Crippen LogP contribution in [0.2, 0.25) is 0 Å². The molecule has 1 saturated heterocycles. The van der Waals surface area contributed by atoms with Crippen LogP contribution in [0.25, 0.3) is 0 Å². The normalized spacial score (nSPS) is 27.7. The Hall–Kier alpha value is -0.930. The van der Waals surface area contributed by atoms with Gasteiger partial charge in [-0.2, -0.15) is 0 Å². The van der Waals surface area contributed by atoms with Gasteiger partial charge in [0.05, 0.1) is 5.60 Å². The quantitative estimate of drug-likeness (QED) is 0.890. The number of nitrogens with zero attached hydrogens (tertiary/aromatic N) is 1. The van der Waals surface area contributed by atoms with Gasteiger partial charge in [-0.05, 0) is 56.7 Å². The van der Waals surface area contributed by atoms with Crippen LogP contribution in [0.1, 0.15) is 50.6 Å². The van der Waals surface area contributed by atoms with Crippen molar-refractivity contribution in [1.29, 1.82) is 0 Å². The van der Waals surface area contributed by atoms with E-state index in [1.807, 2.05) is 12.4 Å². The second-order valence-electron chi connectivity index (χ2n) is 5.74. The maximum atomic E-state index is 5.97. The summed E-state index contributed by atoms with van der Waals surface area (Å²) in [4.78, 5) is 4.07. The Morgan fingerprint density at radius 1 is 1.39 bits per heavy atom. The number of rotatable bonds is 3. The van der Waals surface area contributed by atoms with Gasteiger partial charge >= 0.3 is 0 Å². The molecule has 1 spiro atoms. The molecule has 0 bridgehead atoms. The topological polar surface area (TPSA) is 34.1 Å². The first kappa shape index (κ1) is 12.1. The summed E-state index contributed by atoms with van der Waals surface area (Å²) < 4.78 is 5.97. The van der Waals surface area contributed by atoms with Gasteiger partial charge in [0.2, 0.25) is 0 Å². The molecule has 2 aliphatic rings. The van der Waals surface area contributed by atoms with Crippen molar-refractivity contribution in [2.45, 2.75) is 56.7 Å². The Kier molecular flexibility index (Phi) is 3.35. The first-order valence-electron chi connectivity index (χ1n) is 7.07. The SMILES string of the molecule is C[C@@H](NC1CCOC2(CCC2)C1)c1ccncc1. The first-order chi connectivity index (χ1) is 8.77. The molecule has 2 heterocycles. The number of nitrogens with one attached hydrogen (secondary N) is 1. The number of ether oxygens (including phenoxy) is 1. The molecule has 0 aromatic carbocycles. The molecule has 1 aliphatic carbocycles. The van der Waals surface area contributed by atoms with Gasteiger partial charge in [-0.3, -0.25) is 4.98 Å². The fourth-order valence-electron chi connectivity index (χ4n) is 3.19. The molecule has 2 fully saturated rings. The lowest BCUT2D eigenvalue weighted by atomic mass is 9.74. The third-order valence-corrected chi connectivity index (χ3v) is 4.45. The fraction of sp³-hybridized carbons (Fsp3) is 0.667. The van der Waals surface area contributed by atoms with E-state index in [9.17, 15) is 0 Å². The highest BCUT2D eigenvalue weighted by Gasteiger charge is 2.42. The van der Waals surface area contributed by atoms with Crippen molar-refractivity contribution in [3.05, 3.63) is 30.1 Å². The molecular formula is C15H22N2O. The van der Waals surface area contributed by atoms with Crippen LogP contribution in [0.15, 0.2) is 24.5 Å². The highest BCUT2D eigenvalue weighted by Crippen LogP contribution is 2.42. The number of hydrogen-bond acceptors (Lipinski definition) is 3. The summed E-state index contributed by atoms with van der Waals surface area (Å²) in [5.74, 6) is 0. The average molecular weight is 246 g/mol. The van der Waals surface area contributed by atoms with Crippen molar-refractivity contribution in [1.82, 2.24) is 10.3 Å². The third-order valence-electron chi connectivity index (χ3n) is 4.45. The van der Waals surface area contributed by atoms with E-state index in [1.54, 1.807) is 0 Å². The second kappa shape index (κ2) is 4.98. The van der Waals surface area contributed by atoms with E-state index in [0.29, 0.717) is 12.1 Å². The zero-order valence-corrected chi connectivity index (χ0v) is 11.1. The third kappa shape index (κ3) is 2.43. The van der Waals surface area contributed by atoms with Gasteiger partial charge in [-0.1, -0.05) is 0 Å². The van der Waals surface area contributed by atoms with Crippen LogP contribution in [0, 0.1) is 0 Å². The lowest BCUT2D eigenvalue weighted by molar-refractivity contribution is -0.136. The zero-order valence-electron chi connectivity index (χ0n) is 11.1. The van der Waals surface area contributed by atoms with Gasteiger partial charge in [-0.25, -0.2) is 0 Å². The molecule has 3 heteroatoms. The van der Waals surface area contributed by atoms with Gasteiger partial charge in [0.25, 0.3) is 0 Å². The summed E-state index contributed by atoms with van der Waals surface area (Å²) in [7, 11) is 0. The Morgan fingerprint density at radius 2 is 2.17 bits per heavy atom. The van der Waals surface area contributed by atoms with Crippen LogP contribution in [-0.4, -0.2) is 23.2 Å². The van der Waals surface area contributed by atoms with Gasteiger partial charge in [-0.15, -0.1) is 0 Å². The lowest BCUT2D eigenvalue weighted by Gasteiger charge is -2.47. The minimum atomic E-state index is 0.230. The molecule has 1 aliphatic heterocycles. The van der Waals surface area contributed by atoms with Crippen molar-refractivity contribution in [3.63, 3.8) is 0 Å². The molecule has 1 aromatic heterocycles. The largest absolute Gasteiger partial charge is 0.375 e. The summed E-state index contributed by atoms with van der Waals surface area (Å²) >= 11 is 0. The van der Waals surface area contributed by atoms with Crippen LogP contribution < -0.4 is 5.32 Å². The molecule has 3 rings (SSSR count). The molecule has 1 aromatic rings. The summed E-state index contributed by atoms with van der Waals surface area (Å²) in [6, 6.07) is 5.18. The fourth-order valence-corrected chi connectivity index (χ4v) is 3.19. The predicted octanol–water partition coefficient (Wildman–Crippen LogP) is 2.83. The van der Waals surface area contributed by atoms with Crippen LogP contribution >= 0.6 is 0 Å². The molecule has 1 saturated carbocycles. The van der Waals surface area contributed by atoms with E-state index in [0.717, 1.165) is 13.0 Å². The molecule has 2 atom stereocenters. The summed E-state index contributed by atoms with van der Waals surface area (Å²) in [5.41, 5.74) is 1.55. The van der Waals surface area contributed by atoms with Crippen molar-refractivity contribution in [2.24, 2.45) is 0 Å². The van der Waals surface area contributed by atoms with Crippen molar-refractivity contribution in [2.75, 3.05) is 6.61 Å². The van der Waals surface area contributed by atoms with Gasteiger partial charge in [0.15, 0.2) is 0 Å². The molecule has 0 radical (unpaired) electrons. The van der Waals surface area contributed by atoms with E-state index >= 15 is 0 Å². The van der Waals surface area contributed by atoms with Crippen LogP contribution in [0.3, 0.4) is 0 Å². The van der Waals surface area contributed by atoms with E-state index in [4.69, 9.17) is 4.74 Å². The summed E-state index contributed by atoms with van der Waals surface area (Å²) in [6.45, 7) is 3.15. The maximum absolute atomic E-state index is 5.97. The highest BCUT2D eigenvalue weighted by molar-refractivity contribution is 5.14. The Balaban J connectivity index is 1.59. The highest BCUT2D eigenvalue weighted by atomic mass is 16.5. The van der Waals surface area contributed by atoms with Gasteiger partial charge in [0.1, 0.15) is 0 Å². The molecular weight excluding hydrogens is 224 g/mol. The number of pyridine rings is 1. The van der Waals surface area contributed by atoms with Crippen LogP contribution in [0.5, 0.6) is 0 Å². The van der Waals surface area contributed by atoms with Gasteiger partial charge < -0.3 is 10.1 Å². The Bertz CT molecular complexity index is 389. The van der Waals surface area contributed by atoms with Gasteiger partial charge in [0, 0.05) is 31.1 Å². The number of aromatic nitrogens is 1. The van der Waals surface area contributed by atoms with E-state index in [-0.39, 0.29) is 5.60 Å². The minimum absolute atomic E-state index is 0.230. The standard InChI is InChI=1S/C15H22N2O/c1-12(13-3-8-16-9-4-13)17-14-5-10-18-15(11-14)6-2-7-15/h3-4,8-9,12,14,17H,2,5-7,10-11H2,1H3/t12-,14?/m1/s1. The molecule has 1 unspecified atom stereocenters.